The van der Waals surface area contributed by atoms with Crippen LogP contribution in [0.5, 0.6) is 0 Å². The Bertz CT molecular complexity index is 919. The average molecular weight is 432 g/mol. The summed E-state index contributed by atoms with van der Waals surface area (Å²) in [5.41, 5.74) is 2.85. The van der Waals surface area contributed by atoms with E-state index < -0.39 is 10.0 Å². The molecule has 2 aromatic rings. The first-order valence-corrected chi connectivity index (χ1v) is 11.8. The lowest BCUT2D eigenvalue weighted by Crippen LogP contribution is -2.34. The van der Waals surface area contributed by atoms with Gasteiger partial charge in [-0.25, -0.2) is 8.42 Å². The van der Waals surface area contributed by atoms with Gasteiger partial charge in [0.25, 0.3) is 5.91 Å². The largest absolute Gasteiger partial charge is 0.350 e. The highest BCUT2D eigenvalue weighted by Crippen LogP contribution is 2.19. The van der Waals surface area contributed by atoms with E-state index in [0.717, 1.165) is 12.0 Å². The summed E-state index contributed by atoms with van der Waals surface area (Å²) < 4.78 is 26.6. The highest BCUT2D eigenvalue weighted by molar-refractivity contribution is 7.89. The Balaban J connectivity index is 2.09. The molecule has 0 fully saturated rings. The number of carbonyl (C=O) groups excluding carboxylic acids is 1. The number of hydrogen-bond donors (Lipinski definition) is 1. The van der Waals surface area contributed by atoms with Crippen LogP contribution in [0.25, 0.3) is 0 Å². The van der Waals surface area contributed by atoms with Gasteiger partial charge in [0, 0.05) is 25.2 Å². The number of sulfonamides is 1. The minimum Gasteiger partial charge on any atom is -0.350 e. The Hall–Kier alpha value is -2.22. The fraction of sp³-hybridized carbons (Fsp3) is 0.435. The number of amides is 1. The Morgan fingerprint density at radius 1 is 0.933 bits per heavy atom. The molecule has 1 atom stereocenters. The van der Waals surface area contributed by atoms with Crippen molar-refractivity contribution in [3.63, 3.8) is 0 Å². The molecule has 1 N–H and O–H groups in total. The standard InChI is InChI=1S/C23H33N3O3S/c1-6-18-9-11-19(12-10-18)22(25(4)5)17-24-23(27)20-13-15-21(16-14-20)30(28,29)26(7-2)8-3/h9-16,22H,6-8,17H2,1-5H3,(H,24,27)/t22-/m1/s1. The van der Waals surface area contributed by atoms with Crippen molar-refractivity contribution in [1.82, 2.24) is 14.5 Å². The van der Waals surface area contributed by atoms with E-state index in [1.54, 1.807) is 26.0 Å². The molecule has 0 bridgehead atoms. The molecular formula is C23H33N3O3S. The maximum Gasteiger partial charge on any atom is 0.251 e. The lowest BCUT2D eigenvalue weighted by Gasteiger charge is -2.25. The van der Waals surface area contributed by atoms with Gasteiger partial charge in [-0.1, -0.05) is 45.0 Å². The molecule has 0 aliphatic rings. The smallest absolute Gasteiger partial charge is 0.251 e. The fourth-order valence-electron chi connectivity index (χ4n) is 3.36. The molecule has 0 spiro atoms. The number of aryl methyl sites for hydroxylation is 1. The molecule has 0 radical (unpaired) electrons. The van der Waals surface area contributed by atoms with Crippen molar-refractivity contribution in [1.29, 1.82) is 0 Å². The van der Waals surface area contributed by atoms with Crippen LogP contribution in [-0.4, -0.2) is 57.3 Å². The van der Waals surface area contributed by atoms with Gasteiger partial charge in [-0.05, 0) is 55.9 Å². The molecule has 0 heterocycles. The van der Waals surface area contributed by atoms with Crippen LogP contribution in [0.2, 0.25) is 0 Å². The van der Waals surface area contributed by atoms with Crippen LogP contribution in [0.4, 0.5) is 0 Å². The predicted molar refractivity (Wildman–Crippen MR) is 121 cm³/mol. The van der Waals surface area contributed by atoms with Crippen LogP contribution in [0, 0.1) is 0 Å². The zero-order chi connectivity index (χ0) is 22.3. The van der Waals surface area contributed by atoms with Gasteiger partial charge in [0.2, 0.25) is 10.0 Å². The Morgan fingerprint density at radius 3 is 1.97 bits per heavy atom. The highest BCUT2D eigenvalue weighted by atomic mass is 32.2. The van der Waals surface area contributed by atoms with Gasteiger partial charge in [0.05, 0.1) is 10.9 Å². The highest BCUT2D eigenvalue weighted by Gasteiger charge is 2.22. The van der Waals surface area contributed by atoms with Crippen LogP contribution in [0.1, 0.15) is 48.3 Å². The predicted octanol–water partition coefficient (Wildman–Crippen LogP) is 3.31. The van der Waals surface area contributed by atoms with Crippen molar-refractivity contribution in [2.45, 2.75) is 38.1 Å². The Kier molecular flexibility index (Phi) is 8.58. The molecule has 0 saturated heterocycles. The third kappa shape index (κ3) is 5.68. The van der Waals surface area contributed by atoms with Crippen LogP contribution in [-0.2, 0) is 16.4 Å². The minimum absolute atomic E-state index is 0.0437. The summed E-state index contributed by atoms with van der Waals surface area (Å²) in [4.78, 5) is 14.9. The van der Waals surface area contributed by atoms with Gasteiger partial charge in [-0.2, -0.15) is 4.31 Å². The topological polar surface area (TPSA) is 69.7 Å². The quantitative estimate of drug-likeness (QED) is 0.627. The van der Waals surface area contributed by atoms with E-state index in [4.69, 9.17) is 0 Å². The molecule has 0 aromatic heterocycles. The van der Waals surface area contributed by atoms with Crippen LogP contribution >= 0.6 is 0 Å². The van der Waals surface area contributed by atoms with E-state index >= 15 is 0 Å². The first kappa shape index (κ1) is 24.1. The molecule has 6 nitrogen and oxygen atoms in total. The summed E-state index contributed by atoms with van der Waals surface area (Å²) in [6.07, 6.45) is 0.990. The molecule has 0 aliphatic heterocycles. The van der Waals surface area contributed by atoms with E-state index in [1.807, 2.05) is 14.1 Å². The van der Waals surface area contributed by atoms with Crippen molar-refractivity contribution >= 4 is 15.9 Å². The normalized spacial score (nSPS) is 12.9. The van der Waals surface area contributed by atoms with Crippen molar-refractivity contribution < 1.29 is 13.2 Å². The average Bonchev–Trinajstić information content (AvgIpc) is 2.74. The molecule has 0 unspecified atom stereocenters. The van der Waals surface area contributed by atoms with E-state index in [2.05, 4.69) is 41.4 Å². The van der Waals surface area contributed by atoms with Gasteiger partial charge < -0.3 is 10.2 Å². The van der Waals surface area contributed by atoms with Crippen molar-refractivity contribution in [2.75, 3.05) is 33.7 Å². The molecule has 1 amide bonds. The lowest BCUT2D eigenvalue weighted by atomic mass is 10.0. The second-order valence-corrected chi connectivity index (χ2v) is 9.34. The molecule has 2 rings (SSSR count). The zero-order valence-corrected chi connectivity index (χ0v) is 19.4. The van der Waals surface area contributed by atoms with Crippen molar-refractivity contribution in [2.24, 2.45) is 0 Å². The first-order valence-electron chi connectivity index (χ1n) is 10.4. The number of benzene rings is 2. The van der Waals surface area contributed by atoms with Gasteiger partial charge >= 0.3 is 0 Å². The summed E-state index contributed by atoms with van der Waals surface area (Å²) >= 11 is 0. The third-order valence-corrected chi connectivity index (χ3v) is 7.38. The van der Waals surface area contributed by atoms with E-state index in [0.29, 0.717) is 25.2 Å². The summed E-state index contributed by atoms with van der Waals surface area (Å²) in [6.45, 7) is 7.01. The van der Waals surface area contributed by atoms with Gasteiger partial charge in [0.1, 0.15) is 0 Å². The van der Waals surface area contributed by atoms with Crippen LogP contribution in [0.3, 0.4) is 0 Å². The maximum absolute atomic E-state index is 12.6. The maximum atomic E-state index is 12.6. The van der Waals surface area contributed by atoms with E-state index in [1.165, 1.54) is 22.0 Å². The molecule has 2 aromatic carbocycles. The van der Waals surface area contributed by atoms with Gasteiger partial charge in [0.15, 0.2) is 0 Å². The van der Waals surface area contributed by atoms with E-state index in [-0.39, 0.29) is 16.8 Å². The van der Waals surface area contributed by atoms with Crippen LogP contribution < -0.4 is 5.32 Å². The molecule has 30 heavy (non-hydrogen) atoms. The molecule has 7 heteroatoms. The number of nitrogens with zero attached hydrogens (tertiary/aromatic N) is 2. The summed E-state index contributed by atoms with van der Waals surface area (Å²) in [5.74, 6) is -0.223. The number of hydrogen-bond acceptors (Lipinski definition) is 4. The Labute approximate surface area is 180 Å². The third-order valence-electron chi connectivity index (χ3n) is 5.31. The summed E-state index contributed by atoms with van der Waals surface area (Å²) in [6, 6.07) is 14.6. The number of rotatable bonds is 10. The molecule has 0 aliphatic carbocycles. The fourth-order valence-corrected chi connectivity index (χ4v) is 4.81. The monoisotopic (exact) mass is 431 g/mol. The zero-order valence-electron chi connectivity index (χ0n) is 18.6. The van der Waals surface area contributed by atoms with Crippen LogP contribution in [0.15, 0.2) is 53.4 Å². The Morgan fingerprint density at radius 2 is 1.50 bits per heavy atom. The lowest BCUT2D eigenvalue weighted by molar-refractivity contribution is 0.0942. The first-order chi connectivity index (χ1) is 14.2. The SMILES string of the molecule is CCc1ccc([C@@H](CNC(=O)c2ccc(S(=O)(=O)N(CC)CC)cc2)N(C)C)cc1. The summed E-state index contributed by atoms with van der Waals surface area (Å²) in [5, 5.41) is 2.97. The van der Waals surface area contributed by atoms with Crippen molar-refractivity contribution in [3.05, 3.63) is 65.2 Å². The van der Waals surface area contributed by atoms with Crippen molar-refractivity contribution in [3.8, 4) is 0 Å². The van der Waals surface area contributed by atoms with Gasteiger partial charge in [-0.3, -0.25) is 4.79 Å². The van der Waals surface area contributed by atoms with E-state index in [9.17, 15) is 13.2 Å². The number of likely N-dealkylation sites (N-methyl/N-ethyl adjacent to an activating group) is 1. The summed E-state index contributed by atoms with van der Waals surface area (Å²) in [7, 11) is 0.440. The minimum atomic E-state index is -3.53. The number of carbonyl (C=O) groups is 1. The molecule has 0 saturated carbocycles. The molecular weight excluding hydrogens is 398 g/mol. The number of nitrogens with one attached hydrogen (secondary N) is 1. The second kappa shape index (κ2) is 10.7. The molecule has 164 valence electrons. The second-order valence-electron chi connectivity index (χ2n) is 7.40. The van der Waals surface area contributed by atoms with Gasteiger partial charge in [-0.15, -0.1) is 0 Å².